The topological polar surface area (TPSA) is 9.23 Å². The second kappa shape index (κ2) is 7.84. The smallest absolute Gasteiger partial charge is 0.119 e. The van der Waals surface area contributed by atoms with Crippen LogP contribution >= 0.6 is 15.9 Å². The molecule has 0 bridgehead atoms. The van der Waals surface area contributed by atoms with E-state index in [0.717, 1.165) is 11.7 Å². The Labute approximate surface area is 136 Å². The van der Waals surface area contributed by atoms with Gasteiger partial charge in [0.2, 0.25) is 0 Å². The summed E-state index contributed by atoms with van der Waals surface area (Å²) in [5.41, 5.74) is 1.39. The van der Waals surface area contributed by atoms with Crippen LogP contribution in [0.2, 0.25) is 0 Å². The third-order valence-corrected chi connectivity index (χ3v) is 5.40. The third-order valence-electron chi connectivity index (χ3n) is 4.12. The Balaban J connectivity index is 2.28. The predicted octanol–water partition coefficient (Wildman–Crippen LogP) is 6.50. The van der Waals surface area contributed by atoms with Gasteiger partial charge in [0.25, 0.3) is 0 Å². The SMILES string of the molecule is CCCC(CCC)C(Br)c1ccc2cc(OC)ccc2c1. The Hall–Kier alpha value is -1.02. The van der Waals surface area contributed by atoms with E-state index in [1.165, 1.54) is 42.0 Å². The molecule has 0 saturated carbocycles. The van der Waals surface area contributed by atoms with Gasteiger partial charge < -0.3 is 4.74 Å². The first-order valence-electron chi connectivity index (χ1n) is 7.91. The summed E-state index contributed by atoms with van der Waals surface area (Å²) in [5, 5.41) is 2.52. The van der Waals surface area contributed by atoms with Crippen LogP contribution < -0.4 is 4.74 Å². The number of alkyl halides is 1. The van der Waals surface area contributed by atoms with Gasteiger partial charge in [-0.15, -0.1) is 0 Å². The summed E-state index contributed by atoms with van der Waals surface area (Å²) in [5.74, 6) is 1.64. The summed E-state index contributed by atoms with van der Waals surface area (Å²) >= 11 is 3.94. The van der Waals surface area contributed by atoms with Crippen molar-refractivity contribution in [3.05, 3.63) is 42.0 Å². The lowest BCUT2D eigenvalue weighted by Gasteiger charge is -2.22. The zero-order valence-electron chi connectivity index (χ0n) is 13.2. The molecule has 1 unspecified atom stereocenters. The van der Waals surface area contributed by atoms with Gasteiger partial charge in [0.05, 0.1) is 7.11 Å². The van der Waals surface area contributed by atoms with Gasteiger partial charge in [-0.3, -0.25) is 0 Å². The minimum absolute atomic E-state index is 0.448. The molecule has 1 atom stereocenters. The van der Waals surface area contributed by atoms with Crippen LogP contribution in [0, 0.1) is 5.92 Å². The van der Waals surface area contributed by atoms with Crippen LogP contribution in [0.5, 0.6) is 5.75 Å². The molecule has 21 heavy (non-hydrogen) atoms. The number of fused-ring (bicyclic) bond motifs is 1. The maximum absolute atomic E-state index is 5.29. The molecule has 0 fully saturated rings. The highest BCUT2D eigenvalue weighted by atomic mass is 79.9. The molecule has 0 aliphatic rings. The summed E-state index contributed by atoms with van der Waals surface area (Å²) in [6, 6.07) is 13.0. The monoisotopic (exact) mass is 348 g/mol. The van der Waals surface area contributed by atoms with Crippen LogP contribution in [0.4, 0.5) is 0 Å². The van der Waals surface area contributed by atoms with E-state index in [1.54, 1.807) is 7.11 Å². The summed E-state index contributed by atoms with van der Waals surface area (Å²) in [7, 11) is 1.71. The van der Waals surface area contributed by atoms with Crippen molar-refractivity contribution >= 4 is 26.7 Å². The van der Waals surface area contributed by atoms with Crippen LogP contribution in [-0.4, -0.2) is 7.11 Å². The van der Waals surface area contributed by atoms with E-state index < -0.39 is 0 Å². The van der Waals surface area contributed by atoms with Crippen LogP contribution in [-0.2, 0) is 0 Å². The average molecular weight is 349 g/mol. The van der Waals surface area contributed by atoms with Crippen molar-refractivity contribution in [2.24, 2.45) is 5.92 Å². The normalized spacial score (nSPS) is 12.8. The summed E-state index contributed by atoms with van der Waals surface area (Å²) < 4.78 is 5.29. The number of methoxy groups -OCH3 is 1. The molecule has 0 heterocycles. The molecule has 0 amide bonds. The van der Waals surface area contributed by atoms with Crippen molar-refractivity contribution in [2.45, 2.75) is 44.4 Å². The number of rotatable bonds is 7. The van der Waals surface area contributed by atoms with Crippen molar-refractivity contribution in [1.82, 2.24) is 0 Å². The lowest BCUT2D eigenvalue weighted by atomic mass is 9.90. The molecule has 2 aromatic carbocycles. The molecule has 0 spiro atoms. The molecule has 0 aromatic heterocycles. The Morgan fingerprint density at radius 2 is 1.57 bits per heavy atom. The van der Waals surface area contributed by atoms with Gasteiger partial charge in [-0.25, -0.2) is 0 Å². The summed E-state index contributed by atoms with van der Waals surface area (Å²) in [4.78, 5) is 0.448. The third kappa shape index (κ3) is 4.00. The van der Waals surface area contributed by atoms with Crippen molar-refractivity contribution in [3.8, 4) is 5.75 Å². The minimum Gasteiger partial charge on any atom is -0.497 e. The van der Waals surface area contributed by atoms with Crippen LogP contribution in [0.3, 0.4) is 0 Å². The molecule has 2 heteroatoms. The Kier molecular flexibility index (Phi) is 6.10. The molecule has 0 N–H and O–H groups in total. The van der Waals surface area contributed by atoms with Crippen molar-refractivity contribution < 1.29 is 4.74 Å². The maximum atomic E-state index is 5.29. The van der Waals surface area contributed by atoms with Gasteiger partial charge in [0.15, 0.2) is 0 Å². The Bertz CT molecular complexity index is 573. The highest BCUT2D eigenvalue weighted by molar-refractivity contribution is 9.09. The highest BCUT2D eigenvalue weighted by Crippen LogP contribution is 2.38. The van der Waals surface area contributed by atoms with Crippen molar-refractivity contribution in [3.63, 3.8) is 0 Å². The molecule has 0 radical (unpaired) electrons. The van der Waals surface area contributed by atoms with Crippen LogP contribution in [0.15, 0.2) is 36.4 Å². The zero-order valence-corrected chi connectivity index (χ0v) is 14.8. The van der Waals surface area contributed by atoms with Gasteiger partial charge in [0, 0.05) is 4.83 Å². The van der Waals surface area contributed by atoms with E-state index in [4.69, 9.17) is 4.74 Å². The Morgan fingerprint density at radius 3 is 2.19 bits per heavy atom. The summed E-state index contributed by atoms with van der Waals surface area (Å²) in [6.07, 6.45) is 5.06. The average Bonchev–Trinajstić information content (AvgIpc) is 2.53. The van der Waals surface area contributed by atoms with Gasteiger partial charge in [-0.05, 0) is 47.2 Å². The second-order valence-electron chi connectivity index (χ2n) is 5.71. The molecule has 0 aliphatic carbocycles. The summed E-state index contributed by atoms with van der Waals surface area (Å²) in [6.45, 7) is 4.55. The largest absolute Gasteiger partial charge is 0.497 e. The minimum atomic E-state index is 0.448. The van der Waals surface area contributed by atoms with Crippen molar-refractivity contribution in [2.75, 3.05) is 7.11 Å². The fourth-order valence-corrected chi connectivity index (χ4v) is 3.80. The van der Waals surface area contributed by atoms with E-state index in [1.807, 2.05) is 6.07 Å². The number of hydrogen-bond donors (Lipinski definition) is 0. The second-order valence-corrected chi connectivity index (χ2v) is 6.70. The number of halogens is 1. The molecule has 0 aliphatic heterocycles. The zero-order chi connectivity index (χ0) is 15.2. The fraction of sp³-hybridized carbons (Fsp3) is 0.474. The molecule has 114 valence electrons. The molecule has 0 saturated heterocycles. The van der Waals surface area contributed by atoms with Gasteiger partial charge >= 0.3 is 0 Å². The number of ether oxygens (including phenoxy) is 1. The van der Waals surface area contributed by atoms with Gasteiger partial charge in [-0.2, -0.15) is 0 Å². The van der Waals surface area contributed by atoms with Crippen LogP contribution in [0.25, 0.3) is 10.8 Å². The van der Waals surface area contributed by atoms with Crippen LogP contribution in [0.1, 0.15) is 49.9 Å². The molecular formula is C19H25BrO. The molecule has 2 aromatic rings. The van der Waals surface area contributed by atoms with E-state index in [2.05, 4.69) is 60.1 Å². The number of hydrogen-bond acceptors (Lipinski definition) is 1. The quantitative estimate of drug-likeness (QED) is 0.518. The molecular weight excluding hydrogens is 324 g/mol. The van der Waals surface area contributed by atoms with E-state index in [0.29, 0.717) is 4.83 Å². The first-order chi connectivity index (χ1) is 10.2. The first-order valence-corrected chi connectivity index (χ1v) is 8.83. The lowest BCUT2D eigenvalue weighted by molar-refractivity contribution is 0.415. The van der Waals surface area contributed by atoms with E-state index in [9.17, 15) is 0 Å². The van der Waals surface area contributed by atoms with Crippen molar-refractivity contribution in [1.29, 1.82) is 0 Å². The molecule has 2 rings (SSSR count). The van der Waals surface area contributed by atoms with Gasteiger partial charge in [0.1, 0.15) is 5.75 Å². The Morgan fingerprint density at radius 1 is 0.952 bits per heavy atom. The lowest BCUT2D eigenvalue weighted by Crippen LogP contribution is -2.07. The van der Waals surface area contributed by atoms with E-state index in [-0.39, 0.29) is 0 Å². The maximum Gasteiger partial charge on any atom is 0.119 e. The fourth-order valence-electron chi connectivity index (χ4n) is 2.99. The molecule has 1 nitrogen and oxygen atoms in total. The predicted molar refractivity (Wildman–Crippen MR) is 95.5 cm³/mol. The highest BCUT2D eigenvalue weighted by Gasteiger charge is 2.19. The first kappa shape index (κ1) is 16.4. The number of benzene rings is 2. The van der Waals surface area contributed by atoms with Gasteiger partial charge in [-0.1, -0.05) is 66.9 Å². The standard InChI is InChI=1S/C19H25BrO/c1-4-6-14(7-5-2)19(20)17-9-8-16-13-18(21-3)11-10-15(16)12-17/h8-14,19H,4-7H2,1-3H3. The van der Waals surface area contributed by atoms with E-state index >= 15 is 0 Å².